The van der Waals surface area contributed by atoms with Crippen molar-refractivity contribution in [3.05, 3.63) is 29.8 Å². The van der Waals surface area contributed by atoms with Gasteiger partial charge in [-0.05, 0) is 37.6 Å². The summed E-state index contributed by atoms with van der Waals surface area (Å²) in [6.45, 7) is 2.58. The van der Waals surface area contributed by atoms with Crippen LogP contribution in [0.3, 0.4) is 0 Å². The van der Waals surface area contributed by atoms with Crippen molar-refractivity contribution in [2.75, 3.05) is 18.5 Å². The Kier molecular flexibility index (Phi) is 4.31. The van der Waals surface area contributed by atoms with E-state index in [0.29, 0.717) is 5.56 Å². The molecule has 15 heavy (non-hydrogen) atoms. The van der Waals surface area contributed by atoms with Crippen LogP contribution in [0, 0.1) is 0 Å². The number of hydrogen-bond donors (Lipinski definition) is 1. The molecule has 0 radical (unpaired) electrons. The molecule has 0 heterocycles. The number of rotatable bonds is 5. The Bertz CT molecular complexity index is 306. The van der Waals surface area contributed by atoms with Crippen molar-refractivity contribution < 1.29 is 9.90 Å². The molecule has 0 aromatic heterocycles. The van der Waals surface area contributed by atoms with Crippen molar-refractivity contribution in [3.8, 4) is 0 Å². The molecule has 1 aromatic rings. The summed E-state index contributed by atoms with van der Waals surface area (Å²) < 4.78 is 0. The number of carbonyl (C=O) groups excluding carboxylic acids is 1. The van der Waals surface area contributed by atoms with Crippen LogP contribution in [0.4, 0.5) is 5.69 Å². The van der Waals surface area contributed by atoms with Gasteiger partial charge in [-0.15, -0.1) is 0 Å². The summed E-state index contributed by atoms with van der Waals surface area (Å²) in [4.78, 5) is 12.5. The molecule has 3 heteroatoms. The van der Waals surface area contributed by atoms with E-state index in [1.807, 2.05) is 19.2 Å². The summed E-state index contributed by atoms with van der Waals surface area (Å²) in [6.07, 6.45) is 1.30. The van der Waals surface area contributed by atoms with Gasteiger partial charge in [0.15, 0.2) is 0 Å². The van der Waals surface area contributed by atoms with Crippen molar-refractivity contribution in [1.29, 1.82) is 0 Å². The fourth-order valence-corrected chi connectivity index (χ4v) is 1.32. The fraction of sp³-hybridized carbons (Fsp3) is 0.417. The van der Waals surface area contributed by atoms with Gasteiger partial charge in [0, 0.05) is 24.8 Å². The molecule has 1 unspecified atom stereocenters. The lowest BCUT2D eigenvalue weighted by Crippen LogP contribution is -2.21. The van der Waals surface area contributed by atoms with E-state index in [4.69, 9.17) is 5.11 Å². The Morgan fingerprint density at radius 3 is 2.47 bits per heavy atom. The standard InChI is InChI=1S/C12H17NO2/c1-10(15)7-8-13(2)12-5-3-11(9-14)4-6-12/h3-6,9-10,15H,7-8H2,1-2H3. The molecular weight excluding hydrogens is 190 g/mol. The van der Waals surface area contributed by atoms with Gasteiger partial charge in [-0.1, -0.05) is 0 Å². The minimum atomic E-state index is -0.276. The first-order valence-corrected chi connectivity index (χ1v) is 5.08. The monoisotopic (exact) mass is 207 g/mol. The minimum absolute atomic E-state index is 0.276. The summed E-state index contributed by atoms with van der Waals surface area (Å²) >= 11 is 0. The number of benzene rings is 1. The third-order valence-electron chi connectivity index (χ3n) is 2.35. The molecule has 0 saturated carbocycles. The molecule has 0 aliphatic heterocycles. The molecule has 0 fully saturated rings. The van der Waals surface area contributed by atoms with E-state index >= 15 is 0 Å². The molecular formula is C12H17NO2. The summed E-state index contributed by atoms with van der Waals surface area (Å²) in [7, 11) is 1.97. The van der Waals surface area contributed by atoms with Gasteiger partial charge in [-0.3, -0.25) is 4.79 Å². The summed E-state index contributed by atoms with van der Waals surface area (Å²) in [6, 6.07) is 7.40. The maximum absolute atomic E-state index is 10.5. The topological polar surface area (TPSA) is 40.5 Å². The largest absolute Gasteiger partial charge is 0.393 e. The van der Waals surface area contributed by atoms with Crippen LogP contribution >= 0.6 is 0 Å². The quantitative estimate of drug-likeness (QED) is 0.747. The number of carbonyl (C=O) groups is 1. The second kappa shape index (κ2) is 5.51. The maximum atomic E-state index is 10.5. The van der Waals surface area contributed by atoms with E-state index in [0.717, 1.165) is 24.9 Å². The molecule has 82 valence electrons. The van der Waals surface area contributed by atoms with Gasteiger partial charge in [0.05, 0.1) is 6.10 Å². The zero-order valence-electron chi connectivity index (χ0n) is 9.18. The van der Waals surface area contributed by atoms with Gasteiger partial charge < -0.3 is 10.0 Å². The average molecular weight is 207 g/mol. The van der Waals surface area contributed by atoms with E-state index < -0.39 is 0 Å². The second-order valence-electron chi connectivity index (χ2n) is 3.77. The highest BCUT2D eigenvalue weighted by molar-refractivity contribution is 5.75. The van der Waals surface area contributed by atoms with Gasteiger partial charge in [0.2, 0.25) is 0 Å². The number of anilines is 1. The Hall–Kier alpha value is -1.35. The van der Waals surface area contributed by atoms with Crippen molar-refractivity contribution in [3.63, 3.8) is 0 Å². The Morgan fingerprint density at radius 2 is 2.00 bits per heavy atom. The zero-order chi connectivity index (χ0) is 11.3. The van der Waals surface area contributed by atoms with Gasteiger partial charge in [0.1, 0.15) is 6.29 Å². The van der Waals surface area contributed by atoms with E-state index in [1.165, 1.54) is 0 Å². The smallest absolute Gasteiger partial charge is 0.150 e. The molecule has 0 aliphatic rings. The van der Waals surface area contributed by atoms with E-state index in [1.54, 1.807) is 19.1 Å². The Morgan fingerprint density at radius 1 is 1.40 bits per heavy atom. The van der Waals surface area contributed by atoms with Crippen LogP contribution < -0.4 is 4.90 Å². The number of nitrogens with zero attached hydrogens (tertiary/aromatic N) is 1. The normalized spacial score (nSPS) is 12.2. The molecule has 1 N–H and O–H groups in total. The number of aliphatic hydroxyl groups excluding tert-OH is 1. The third kappa shape index (κ3) is 3.72. The fourth-order valence-electron chi connectivity index (χ4n) is 1.32. The molecule has 1 rings (SSSR count). The van der Waals surface area contributed by atoms with Crippen LogP contribution in [0.15, 0.2) is 24.3 Å². The van der Waals surface area contributed by atoms with Crippen LogP contribution in [0.1, 0.15) is 23.7 Å². The van der Waals surface area contributed by atoms with Gasteiger partial charge in [-0.25, -0.2) is 0 Å². The number of aldehydes is 1. The molecule has 1 aromatic carbocycles. The molecule has 0 amide bonds. The summed E-state index contributed by atoms with van der Waals surface area (Å²) in [5.41, 5.74) is 1.74. The predicted molar refractivity (Wildman–Crippen MR) is 61.4 cm³/mol. The first kappa shape index (κ1) is 11.7. The SMILES string of the molecule is CC(O)CCN(C)c1ccc(C=O)cc1. The van der Waals surface area contributed by atoms with Crippen LogP contribution in [0.5, 0.6) is 0 Å². The van der Waals surface area contributed by atoms with Gasteiger partial charge in [-0.2, -0.15) is 0 Å². The van der Waals surface area contributed by atoms with E-state index in [-0.39, 0.29) is 6.10 Å². The molecule has 0 aliphatic carbocycles. The summed E-state index contributed by atoms with van der Waals surface area (Å²) in [5.74, 6) is 0. The average Bonchev–Trinajstić information content (AvgIpc) is 2.26. The van der Waals surface area contributed by atoms with Crippen LogP contribution in [-0.2, 0) is 0 Å². The third-order valence-corrected chi connectivity index (χ3v) is 2.35. The van der Waals surface area contributed by atoms with Gasteiger partial charge >= 0.3 is 0 Å². The van der Waals surface area contributed by atoms with Crippen molar-refractivity contribution in [1.82, 2.24) is 0 Å². The van der Waals surface area contributed by atoms with Crippen molar-refractivity contribution in [2.24, 2.45) is 0 Å². The zero-order valence-corrected chi connectivity index (χ0v) is 9.18. The summed E-state index contributed by atoms with van der Waals surface area (Å²) in [5, 5.41) is 9.16. The lowest BCUT2D eigenvalue weighted by atomic mass is 10.2. The highest BCUT2D eigenvalue weighted by Gasteiger charge is 2.02. The number of aliphatic hydroxyl groups is 1. The van der Waals surface area contributed by atoms with E-state index in [9.17, 15) is 4.79 Å². The van der Waals surface area contributed by atoms with Crippen LogP contribution in [-0.4, -0.2) is 31.1 Å². The molecule has 3 nitrogen and oxygen atoms in total. The molecule has 0 spiro atoms. The minimum Gasteiger partial charge on any atom is -0.393 e. The van der Waals surface area contributed by atoms with Crippen LogP contribution in [0.2, 0.25) is 0 Å². The number of hydrogen-bond acceptors (Lipinski definition) is 3. The van der Waals surface area contributed by atoms with Crippen molar-refractivity contribution >= 4 is 12.0 Å². The lowest BCUT2D eigenvalue weighted by Gasteiger charge is -2.20. The second-order valence-corrected chi connectivity index (χ2v) is 3.77. The highest BCUT2D eigenvalue weighted by Crippen LogP contribution is 2.13. The lowest BCUT2D eigenvalue weighted by molar-refractivity contribution is 0.112. The van der Waals surface area contributed by atoms with Crippen LogP contribution in [0.25, 0.3) is 0 Å². The maximum Gasteiger partial charge on any atom is 0.150 e. The van der Waals surface area contributed by atoms with E-state index in [2.05, 4.69) is 4.90 Å². The molecule has 0 saturated heterocycles. The Labute approximate surface area is 90.3 Å². The molecule has 1 atom stereocenters. The first-order valence-electron chi connectivity index (χ1n) is 5.08. The van der Waals surface area contributed by atoms with Gasteiger partial charge in [0.25, 0.3) is 0 Å². The highest BCUT2D eigenvalue weighted by atomic mass is 16.3. The molecule has 0 bridgehead atoms. The van der Waals surface area contributed by atoms with Crippen molar-refractivity contribution in [2.45, 2.75) is 19.4 Å². The first-order chi connectivity index (χ1) is 7.13. The Balaban J connectivity index is 2.57. The predicted octanol–water partition coefficient (Wildman–Crippen LogP) is 1.71.